The predicted molar refractivity (Wildman–Crippen MR) is 109 cm³/mol. The monoisotopic (exact) mass is 393 g/mol. The summed E-state index contributed by atoms with van der Waals surface area (Å²) < 4.78 is 0. The van der Waals surface area contributed by atoms with Crippen LogP contribution in [0.15, 0.2) is 24.3 Å². The average molecular weight is 394 g/mol. The largest absolute Gasteiger partial charge is 0.338 e. The van der Waals surface area contributed by atoms with Gasteiger partial charge in [0.2, 0.25) is 0 Å². The van der Waals surface area contributed by atoms with Crippen molar-refractivity contribution in [2.24, 2.45) is 11.8 Å². The molecule has 2 aliphatic heterocycles. The van der Waals surface area contributed by atoms with E-state index in [1.165, 1.54) is 18.4 Å². The van der Waals surface area contributed by atoms with Gasteiger partial charge in [-0.15, -0.1) is 24.8 Å². The van der Waals surface area contributed by atoms with Crippen molar-refractivity contribution in [3.63, 3.8) is 0 Å². The zero-order valence-corrected chi connectivity index (χ0v) is 16.5. The third-order valence-electron chi connectivity index (χ3n) is 5.89. The van der Waals surface area contributed by atoms with Crippen molar-refractivity contribution in [2.75, 3.05) is 26.2 Å². The summed E-state index contributed by atoms with van der Waals surface area (Å²) in [6.07, 6.45) is 2.41. The third-order valence-corrected chi connectivity index (χ3v) is 5.89. The summed E-state index contributed by atoms with van der Waals surface area (Å²) in [6, 6.07) is 8.35. The van der Waals surface area contributed by atoms with Gasteiger partial charge >= 0.3 is 0 Å². The van der Waals surface area contributed by atoms with Gasteiger partial charge < -0.3 is 10.2 Å². The molecule has 4 nitrogen and oxygen atoms in total. The lowest BCUT2D eigenvalue weighted by Crippen LogP contribution is -2.32. The quantitative estimate of drug-likeness (QED) is 0.847. The first-order valence-corrected chi connectivity index (χ1v) is 9.10. The third kappa shape index (κ3) is 3.30. The molecule has 0 bridgehead atoms. The number of nitrogens with one attached hydrogen (secondary N) is 1. The van der Waals surface area contributed by atoms with E-state index in [9.17, 15) is 4.79 Å². The molecule has 0 radical (unpaired) electrons. The Morgan fingerprint density at radius 2 is 1.81 bits per heavy atom. The van der Waals surface area contributed by atoms with Gasteiger partial charge in [0.05, 0.1) is 11.1 Å². The van der Waals surface area contributed by atoms with Gasteiger partial charge in [-0.2, -0.15) is 0 Å². The Hall–Kier alpha value is -1.36. The number of pyridine rings is 1. The highest BCUT2D eigenvalue weighted by molar-refractivity contribution is 6.06. The number of carbonyl (C=O) groups excluding carboxylic acids is 1. The number of amides is 1. The van der Waals surface area contributed by atoms with E-state index in [4.69, 9.17) is 4.98 Å². The van der Waals surface area contributed by atoms with E-state index >= 15 is 0 Å². The Morgan fingerprint density at radius 1 is 1.12 bits per heavy atom. The fourth-order valence-corrected chi connectivity index (χ4v) is 4.32. The van der Waals surface area contributed by atoms with Crippen molar-refractivity contribution in [3.05, 3.63) is 41.1 Å². The van der Waals surface area contributed by atoms with E-state index in [-0.39, 0.29) is 30.7 Å². The number of halogens is 2. The van der Waals surface area contributed by atoms with E-state index < -0.39 is 0 Å². The van der Waals surface area contributed by atoms with E-state index in [0.29, 0.717) is 17.8 Å². The second kappa shape index (κ2) is 7.34. The van der Waals surface area contributed by atoms with Crippen molar-refractivity contribution in [3.8, 4) is 0 Å². The molecule has 1 aromatic carbocycles. The van der Waals surface area contributed by atoms with Crippen LogP contribution in [0, 0.1) is 18.8 Å². The van der Waals surface area contributed by atoms with Crippen LogP contribution in [-0.2, 0) is 0 Å². The predicted octanol–water partition coefficient (Wildman–Crippen LogP) is 3.56. The lowest BCUT2D eigenvalue weighted by atomic mass is 10.0. The molecular weight excluding hydrogens is 369 g/mol. The Bertz CT molecular complexity index is 825. The second-order valence-electron chi connectivity index (χ2n) is 7.78. The molecule has 140 valence electrons. The van der Waals surface area contributed by atoms with Gasteiger partial charge in [0.25, 0.3) is 5.91 Å². The number of fused-ring (bicyclic) bond motifs is 2. The molecule has 6 heteroatoms. The maximum atomic E-state index is 13.3. The van der Waals surface area contributed by atoms with Crippen LogP contribution in [0.4, 0.5) is 0 Å². The van der Waals surface area contributed by atoms with Crippen LogP contribution in [0.1, 0.15) is 40.4 Å². The minimum atomic E-state index is 0. The van der Waals surface area contributed by atoms with E-state index in [1.54, 1.807) is 0 Å². The van der Waals surface area contributed by atoms with Gasteiger partial charge in [-0.3, -0.25) is 9.78 Å². The Morgan fingerprint density at radius 3 is 2.46 bits per heavy atom. The van der Waals surface area contributed by atoms with Gasteiger partial charge in [0.1, 0.15) is 0 Å². The maximum absolute atomic E-state index is 13.3. The summed E-state index contributed by atoms with van der Waals surface area (Å²) in [5.74, 6) is 2.02. The zero-order valence-electron chi connectivity index (χ0n) is 14.9. The van der Waals surface area contributed by atoms with Gasteiger partial charge in [0, 0.05) is 43.2 Å². The lowest BCUT2D eigenvalue weighted by molar-refractivity contribution is 0.0783. The molecule has 1 amide bonds. The summed E-state index contributed by atoms with van der Waals surface area (Å²) in [5.41, 5.74) is 4.11. The number of benzene rings is 1. The SMILES string of the molecule is Cc1ccc2nc(C3CC3)cc(C(=O)N3C[C@H]4CNC[C@H]4C3)c2c1.Cl.Cl. The highest BCUT2D eigenvalue weighted by atomic mass is 35.5. The molecule has 1 aromatic heterocycles. The van der Waals surface area contributed by atoms with Crippen molar-refractivity contribution < 1.29 is 4.79 Å². The number of aryl methyl sites for hydroxylation is 1. The molecule has 3 fully saturated rings. The van der Waals surface area contributed by atoms with Crippen LogP contribution in [0.5, 0.6) is 0 Å². The first kappa shape index (κ1) is 19.4. The minimum absolute atomic E-state index is 0. The molecule has 26 heavy (non-hydrogen) atoms. The maximum Gasteiger partial charge on any atom is 0.254 e. The molecular formula is C20H25Cl2N3O. The van der Waals surface area contributed by atoms with Crippen LogP contribution in [-0.4, -0.2) is 42.0 Å². The number of hydrogen-bond donors (Lipinski definition) is 1. The summed E-state index contributed by atoms with van der Waals surface area (Å²) in [7, 11) is 0. The van der Waals surface area contributed by atoms with Crippen LogP contribution < -0.4 is 5.32 Å². The van der Waals surface area contributed by atoms with Gasteiger partial charge in [-0.05, 0) is 49.8 Å². The average Bonchev–Trinajstić information content (AvgIpc) is 3.21. The summed E-state index contributed by atoms with van der Waals surface area (Å²) in [5, 5.41) is 4.46. The molecule has 2 atom stereocenters. The number of rotatable bonds is 2. The molecule has 2 aromatic rings. The normalized spacial score (nSPS) is 24.1. The molecule has 3 heterocycles. The number of hydrogen-bond acceptors (Lipinski definition) is 3. The smallest absolute Gasteiger partial charge is 0.254 e. The first-order chi connectivity index (χ1) is 11.7. The van der Waals surface area contributed by atoms with Crippen molar-refractivity contribution in [2.45, 2.75) is 25.7 Å². The number of aromatic nitrogens is 1. The van der Waals surface area contributed by atoms with Crippen LogP contribution in [0.2, 0.25) is 0 Å². The summed E-state index contributed by atoms with van der Waals surface area (Å²) in [6.45, 7) is 5.97. The van der Waals surface area contributed by atoms with Crippen LogP contribution >= 0.6 is 24.8 Å². The molecule has 1 saturated carbocycles. The molecule has 2 saturated heterocycles. The number of carbonyl (C=O) groups is 1. The molecule has 5 rings (SSSR count). The fraction of sp³-hybridized carbons (Fsp3) is 0.500. The van der Waals surface area contributed by atoms with Crippen molar-refractivity contribution in [1.29, 1.82) is 0 Å². The summed E-state index contributed by atoms with van der Waals surface area (Å²) >= 11 is 0. The van der Waals surface area contributed by atoms with E-state index in [2.05, 4.69) is 41.4 Å². The zero-order chi connectivity index (χ0) is 16.3. The highest BCUT2D eigenvalue weighted by Gasteiger charge is 2.39. The van der Waals surface area contributed by atoms with Crippen molar-refractivity contribution in [1.82, 2.24) is 15.2 Å². The first-order valence-electron chi connectivity index (χ1n) is 9.10. The van der Waals surface area contributed by atoms with E-state index in [0.717, 1.165) is 48.3 Å². The molecule has 0 spiro atoms. The number of likely N-dealkylation sites (tertiary alicyclic amines) is 1. The number of nitrogens with zero attached hydrogens (tertiary/aromatic N) is 2. The van der Waals surface area contributed by atoms with Crippen LogP contribution in [0.25, 0.3) is 10.9 Å². The minimum Gasteiger partial charge on any atom is -0.338 e. The van der Waals surface area contributed by atoms with Gasteiger partial charge in [-0.1, -0.05) is 11.6 Å². The Labute approximate surface area is 166 Å². The highest BCUT2D eigenvalue weighted by Crippen LogP contribution is 2.40. The molecule has 1 aliphatic carbocycles. The topological polar surface area (TPSA) is 45.2 Å². The van der Waals surface area contributed by atoms with Gasteiger partial charge in [-0.25, -0.2) is 0 Å². The summed E-state index contributed by atoms with van der Waals surface area (Å²) in [4.78, 5) is 20.2. The standard InChI is InChI=1S/C20H23N3O.2ClH/c1-12-2-5-18-16(6-12)17(7-19(22-18)13-3-4-13)20(24)23-10-14-8-21-9-15(14)11-23;;/h2,5-7,13-15,21H,3-4,8-11H2,1H3;2*1H/t14-,15+;;. The van der Waals surface area contributed by atoms with Gasteiger partial charge in [0.15, 0.2) is 0 Å². The lowest BCUT2D eigenvalue weighted by Gasteiger charge is -2.19. The Kier molecular flexibility index (Phi) is 5.48. The Balaban J connectivity index is 0.000000980. The molecule has 0 unspecified atom stereocenters. The second-order valence-corrected chi connectivity index (χ2v) is 7.78. The molecule has 3 aliphatic rings. The molecule has 1 N–H and O–H groups in total. The van der Waals surface area contributed by atoms with Crippen molar-refractivity contribution >= 4 is 41.6 Å². The van der Waals surface area contributed by atoms with Crippen LogP contribution in [0.3, 0.4) is 0 Å². The fourth-order valence-electron chi connectivity index (χ4n) is 4.32. The van der Waals surface area contributed by atoms with E-state index in [1.807, 2.05) is 0 Å².